The van der Waals surface area contributed by atoms with Crippen molar-refractivity contribution in [3.8, 4) is 0 Å². The average Bonchev–Trinajstić information content (AvgIpc) is 2.91. The van der Waals surface area contributed by atoms with Gasteiger partial charge in [-0.15, -0.1) is 23.5 Å². The second-order valence-corrected chi connectivity index (χ2v) is 11.8. The van der Waals surface area contributed by atoms with Gasteiger partial charge < -0.3 is 9.64 Å². The largest absolute Gasteiger partial charge is 0.468 e. The van der Waals surface area contributed by atoms with Crippen LogP contribution in [0.1, 0.15) is 33.6 Å². The van der Waals surface area contributed by atoms with Crippen LogP contribution in [0.2, 0.25) is 0 Å². The van der Waals surface area contributed by atoms with Crippen molar-refractivity contribution in [3.63, 3.8) is 0 Å². The molecule has 0 saturated carbocycles. The lowest BCUT2D eigenvalue weighted by molar-refractivity contribution is -0.145. The van der Waals surface area contributed by atoms with Gasteiger partial charge in [-0.05, 0) is 46.0 Å². The fourth-order valence-electron chi connectivity index (χ4n) is 3.00. The van der Waals surface area contributed by atoms with Crippen LogP contribution in [0.3, 0.4) is 0 Å². The summed E-state index contributed by atoms with van der Waals surface area (Å²) in [5.74, 6) is 2.42. The Morgan fingerprint density at radius 2 is 2.08 bits per heavy atom. The molecule has 0 radical (unpaired) electrons. The summed E-state index contributed by atoms with van der Waals surface area (Å²) < 4.78 is 5.83. The van der Waals surface area contributed by atoms with E-state index in [4.69, 9.17) is 4.74 Å². The van der Waals surface area contributed by atoms with Gasteiger partial charge in [-0.2, -0.15) is 11.8 Å². The number of esters is 1. The molecule has 3 unspecified atom stereocenters. The molecule has 142 valence electrons. The third kappa shape index (κ3) is 7.77. The van der Waals surface area contributed by atoms with Crippen molar-refractivity contribution < 1.29 is 9.53 Å². The first-order valence-electron chi connectivity index (χ1n) is 8.43. The van der Waals surface area contributed by atoms with Gasteiger partial charge in [0.2, 0.25) is 0 Å². The summed E-state index contributed by atoms with van der Waals surface area (Å²) in [4.78, 5) is 16.7. The lowest BCUT2D eigenvalue weighted by Gasteiger charge is -2.29. The molecule has 4 nitrogen and oxygen atoms in total. The molecule has 7 heteroatoms. The van der Waals surface area contributed by atoms with E-state index in [0.717, 1.165) is 31.1 Å². The molecule has 0 N–H and O–H groups in total. The summed E-state index contributed by atoms with van der Waals surface area (Å²) in [5.41, 5.74) is 0. The Morgan fingerprint density at radius 3 is 2.62 bits per heavy atom. The monoisotopic (exact) mass is 394 g/mol. The van der Waals surface area contributed by atoms with Gasteiger partial charge in [0.15, 0.2) is 0 Å². The number of carbonyl (C=O) groups is 1. The summed E-state index contributed by atoms with van der Waals surface area (Å²) in [6, 6.07) is -0.0730. The number of thioether (sulfide) groups is 3. The molecule has 1 aliphatic rings. The highest BCUT2D eigenvalue weighted by Crippen LogP contribution is 2.38. The van der Waals surface area contributed by atoms with Gasteiger partial charge in [0.05, 0.1) is 7.11 Å². The van der Waals surface area contributed by atoms with E-state index in [0.29, 0.717) is 10.5 Å². The van der Waals surface area contributed by atoms with Gasteiger partial charge >= 0.3 is 5.97 Å². The molecule has 0 amide bonds. The SMILES string of the molecule is COC(=O)C1CC(CC(C)(C)SCN(C)C)CN1CSC(C)SC. The zero-order chi connectivity index (χ0) is 18.3. The fourth-order valence-corrected chi connectivity index (χ4v) is 5.37. The van der Waals surface area contributed by atoms with Crippen molar-refractivity contribution in [2.45, 2.75) is 49.0 Å². The number of hydrogen-bond acceptors (Lipinski definition) is 7. The molecule has 24 heavy (non-hydrogen) atoms. The maximum Gasteiger partial charge on any atom is 0.323 e. The fraction of sp³-hybridized carbons (Fsp3) is 0.941. The normalized spacial score (nSPS) is 23.7. The maximum atomic E-state index is 12.2. The third-order valence-corrected chi connectivity index (χ3v) is 8.46. The first kappa shape index (κ1) is 22.5. The summed E-state index contributed by atoms with van der Waals surface area (Å²) in [5, 5.41) is 0. The second kappa shape index (κ2) is 10.6. The summed E-state index contributed by atoms with van der Waals surface area (Å²) in [7, 11) is 5.72. The first-order chi connectivity index (χ1) is 11.2. The lowest BCUT2D eigenvalue weighted by Crippen LogP contribution is -2.36. The summed E-state index contributed by atoms with van der Waals surface area (Å²) in [6.45, 7) is 7.86. The predicted molar refractivity (Wildman–Crippen MR) is 111 cm³/mol. The Balaban J connectivity index is 2.62. The van der Waals surface area contributed by atoms with E-state index >= 15 is 0 Å². The van der Waals surface area contributed by atoms with Gasteiger partial charge in [-0.3, -0.25) is 9.69 Å². The molecule has 0 aromatic carbocycles. The molecule has 0 bridgehead atoms. The highest BCUT2D eigenvalue weighted by Gasteiger charge is 2.39. The van der Waals surface area contributed by atoms with Crippen LogP contribution >= 0.6 is 35.3 Å². The zero-order valence-corrected chi connectivity index (χ0v) is 18.7. The smallest absolute Gasteiger partial charge is 0.323 e. The Hall–Kier alpha value is 0.440. The van der Waals surface area contributed by atoms with E-state index in [2.05, 4.69) is 50.9 Å². The van der Waals surface area contributed by atoms with Gasteiger partial charge in [-0.1, -0.05) is 13.8 Å². The van der Waals surface area contributed by atoms with Gasteiger partial charge in [0.1, 0.15) is 6.04 Å². The van der Waals surface area contributed by atoms with E-state index in [1.165, 1.54) is 7.11 Å². The molecule has 0 aliphatic carbocycles. The number of rotatable bonds is 10. The predicted octanol–water partition coefficient (Wildman–Crippen LogP) is 3.67. The van der Waals surface area contributed by atoms with Crippen molar-refractivity contribution in [2.75, 3.05) is 45.8 Å². The van der Waals surface area contributed by atoms with Crippen molar-refractivity contribution in [2.24, 2.45) is 5.92 Å². The topological polar surface area (TPSA) is 32.8 Å². The van der Waals surface area contributed by atoms with Gasteiger partial charge in [0.25, 0.3) is 0 Å². The molecule has 3 atom stereocenters. The molecule has 0 aromatic heterocycles. The van der Waals surface area contributed by atoms with Crippen molar-refractivity contribution >= 4 is 41.3 Å². The number of carbonyl (C=O) groups excluding carboxylic acids is 1. The zero-order valence-electron chi connectivity index (χ0n) is 16.2. The van der Waals surface area contributed by atoms with Crippen molar-refractivity contribution in [3.05, 3.63) is 0 Å². The number of nitrogens with zero attached hydrogens (tertiary/aromatic N) is 2. The Morgan fingerprint density at radius 1 is 1.42 bits per heavy atom. The van der Waals surface area contributed by atoms with E-state index in [9.17, 15) is 4.79 Å². The molecule has 1 fully saturated rings. The standard InChI is InChI=1S/C17H34N2O2S3/c1-13(22-7)23-12-19-10-14(8-15(19)16(20)21-6)9-17(2,3)24-11-18(4)5/h13-15H,8-12H2,1-7H3. The molecule has 1 saturated heterocycles. The summed E-state index contributed by atoms with van der Waals surface area (Å²) in [6.07, 6.45) is 4.19. The van der Waals surface area contributed by atoms with E-state index in [1.807, 2.05) is 35.3 Å². The average molecular weight is 395 g/mol. The van der Waals surface area contributed by atoms with Gasteiger partial charge in [0, 0.05) is 27.6 Å². The van der Waals surface area contributed by atoms with Crippen LogP contribution in [-0.2, 0) is 9.53 Å². The number of hydrogen-bond donors (Lipinski definition) is 0. The van der Waals surface area contributed by atoms with Crippen molar-refractivity contribution in [1.29, 1.82) is 0 Å². The minimum atomic E-state index is -0.0753. The lowest BCUT2D eigenvalue weighted by atomic mass is 9.94. The van der Waals surface area contributed by atoms with E-state index < -0.39 is 0 Å². The molecular formula is C17H34N2O2S3. The van der Waals surface area contributed by atoms with Crippen LogP contribution in [0.5, 0.6) is 0 Å². The summed E-state index contributed by atoms with van der Waals surface area (Å²) >= 11 is 5.76. The first-order valence-corrected chi connectivity index (χ1v) is 11.8. The van der Waals surface area contributed by atoms with Crippen LogP contribution in [0.15, 0.2) is 0 Å². The highest BCUT2D eigenvalue weighted by molar-refractivity contribution is 8.16. The molecule has 1 heterocycles. The highest BCUT2D eigenvalue weighted by atomic mass is 32.2. The molecule has 0 aromatic rings. The molecule has 0 spiro atoms. The molecular weight excluding hydrogens is 360 g/mol. The Bertz CT molecular complexity index is 394. The number of ether oxygens (including phenoxy) is 1. The van der Waals surface area contributed by atoms with Crippen LogP contribution < -0.4 is 0 Å². The quantitative estimate of drug-likeness (QED) is 0.413. The van der Waals surface area contributed by atoms with Gasteiger partial charge in [-0.25, -0.2) is 0 Å². The van der Waals surface area contributed by atoms with Crippen LogP contribution in [0, 0.1) is 5.92 Å². The van der Waals surface area contributed by atoms with Crippen LogP contribution in [0.4, 0.5) is 0 Å². The van der Waals surface area contributed by atoms with Crippen molar-refractivity contribution in [1.82, 2.24) is 9.80 Å². The van der Waals surface area contributed by atoms with Crippen LogP contribution in [-0.4, -0.2) is 76.9 Å². The Kier molecular flexibility index (Phi) is 9.89. The molecule has 1 rings (SSSR count). The minimum Gasteiger partial charge on any atom is -0.468 e. The van der Waals surface area contributed by atoms with Crippen LogP contribution in [0.25, 0.3) is 0 Å². The second-order valence-electron chi connectivity index (χ2n) is 7.33. The number of methoxy groups -OCH3 is 1. The maximum absolute atomic E-state index is 12.2. The number of likely N-dealkylation sites (tertiary alicyclic amines) is 1. The van der Waals surface area contributed by atoms with E-state index in [1.54, 1.807) is 0 Å². The van der Waals surface area contributed by atoms with E-state index in [-0.39, 0.29) is 16.8 Å². The molecule has 1 aliphatic heterocycles. The third-order valence-electron chi connectivity index (χ3n) is 4.26. The minimum absolute atomic E-state index is 0.0730. The Labute approximate surface area is 161 Å².